The number of carbonyl (C=O) groups is 2. The average Bonchev–Trinajstić information content (AvgIpc) is 3.29. The first-order valence-corrected chi connectivity index (χ1v) is 12.6. The van der Waals surface area contributed by atoms with Gasteiger partial charge in [-0.1, -0.05) is 38.5 Å². The second kappa shape index (κ2) is 8.77. The summed E-state index contributed by atoms with van der Waals surface area (Å²) in [6, 6.07) is 7.23. The maximum absolute atomic E-state index is 13.6. The van der Waals surface area contributed by atoms with Crippen LogP contribution in [0.25, 0.3) is 0 Å². The number of halogens is 1. The summed E-state index contributed by atoms with van der Waals surface area (Å²) in [5, 5.41) is 0. The Morgan fingerprint density at radius 1 is 0.875 bits per heavy atom. The molecule has 1 saturated carbocycles. The fraction of sp³-hybridized carbons (Fsp3) is 0.692. The van der Waals surface area contributed by atoms with Gasteiger partial charge in [0.05, 0.1) is 17.4 Å². The van der Waals surface area contributed by atoms with E-state index in [4.69, 9.17) is 0 Å². The summed E-state index contributed by atoms with van der Waals surface area (Å²) >= 11 is 0. The normalized spacial score (nSPS) is 29.8. The molecule has 0 radical (unpaired) electrons. The molecule has 3 heterocycles. The molecule has 1 aromatic rings. The number of fused-ring (bicyclic) bond motifs is 2. The Kier molecular flexibility index (Phi) is 5.99. The molecule has 5 nitrogen and oxygen atoms in total. The number of hydrogen-bond donors (Lipinski definition) is 0. The van der Waals surface area contributed by atoms with Crippen molar-refractivity contribution in [1.82, 2.24) is 9.80 Å². The van der Waals surface area contributed by atoms with Gasteiger partial charge in [0.1, 0.15) is 5.82 Å². The molecular formula is C26H36FN3O2. The second-order valence-corrected chi connectivity index (χ2v) is 10.4. The molecule has 32 heavy (non-hydrogen) atoms. The summed E-state index contributed by atoms with van der Waals surface area (Å²) in [5.41, 5.74) is 0.578. The van der Waals surface area contributed by atoms with Crippen LogP contribution >= 0.6 is 0 Å². The van der Waals surface area contributed by atoms with Crippen LogP contribution in [-0.2, 0) is 9.59 Å². The predicted octanol–water partition coefficient (Wildman–Crippen LogP) is 4.21. The molecule has 1 aromatic carbocycles. The lowest BCUT2D eigenvalue weighted by Crippen LogP contribution is -2.59. The average molecular weight is 442 g/mol. The van der Waals surface area contributed by atoms with E-state index in [1.807, 2.05) is 12.1 Å². The fourth-order valence-corrected chi connectivity index (χ4v) is 7.03. The lowest BCUT2D eigenvalue weighted by atomic mass is 9.74. The zero-order valence-corrected chi connectivity index (χ0v) is 19.3. The van der Waals surface area contributed by atoms with E-state index in [-0.39, 0.29) is 35.0 Å². The standard InChI is InChI=1S/C26H36FN3O2/c1-28-24(31)22-18-30(21-12-10-19(27)11-13-21)26(23(22)25(28)32)14-16-29(17-15-26)20-8-6-4-2-3-5-7-9-20/h10-13,20,22-23H,2-9,14-18H2,1H3. The number of anilines is 1. The fourth-order valence-electron chi connectivity index (χ4n) is 7.03. The van der Waals surface area contributed by atoms with Gasteiger partial charge in [-0.2, -0.15) is 0 Å². The first-order valence-electron chi connectivity index (χ1n) is 12.6. The lowest BCUT2D eigenvalue weighted by Gasteiger charge is -2.50. The van der Waals surface area contributed by atoms with Gasteiger partial charge in [-0.3, -0.25) is 14.5 Å². The highest BCUT2D eigenvalue weighted by Gasteiger charge is 2.64. The van der Waals surface area contributed by atoms with Crippen molar-refractivity contribution in [1.29, 1.82) is 0 Å². The quantitative estimate of drug-likeness (QED) is 0.645. The van der Waals surface area contributed by atoms with Crippen LogP contribution in [0.2, 0.25) is 0 Å². The van der Waals surface area contributed by atoms with E-state index in [2.05, 4.69) is 9.80 Å². The molecule has 6 heteroatoms. The van der Waals surface area contributed by atoms with Gasteiger partial charge >= 0.3 is 0 Å². The van der Waals surface area contributed by atoms with Gasteiger partial charge in [-0.15, -0.1) is 0 Å². The van der Waals surface area contributed by atoms with Crippen molar-refractivity contribution in [3.05, 3.63) is 30.1 Å². The van der Waals surface area contributed by atoms with Crippen LogP contribution in [0.1, 0.15) is 64.2 Å². The van der Waals surface area contributed by atoms with Gasteiger partial charge in [-0.25, -0.2) is 4.39 Å². The monoisotopic (exact) mass is 441 g/mol. The maximum Gasteiger partial charge on any atom is 0.235 e. The molecule has 4 fully saturated rings. The van der Waals surface area contributed by atoms with Crippen molar-refractivity contribution in [3.8, 4) is 0 Å². The first-order chi connectivity index (χ1) is 15.5. The highest BCUT2D eigenvalue weighted by Crippen LogP contribution is 2.51. The van der Waals surface area contributed by atoms with Crippen LogP contribution in [-0.4, -0.2) is 59.9 Å². The van der Waals surface area contributed by atoms with Crippen molar-refractivity contribution in [2.45, 2.75) is 75.8 Å². The number of benzene rings is 1. The minimum atomic E-state index is -0.352. The van der Waals surface area contributed by atoms with Gasteiger partial charge < -0.3 is 9.80 Å². The number of rotatable bonds is 2. The number of nitrogens with zero attached hydrogens (tertiary/aromatic N) is 3. The molecule has 0 bridgehead atoms. The maximum atomic E-state index is 13.6. The minimum Gasteiger partial charge on any atom is -0.364 e. The highest BCUT2D eigenvalue weighted by molar-refractivity contribution is 6.07. The first kappa shape index (κ1) is 21.9. The van der Waals surface area contributed by atoms with Crippen LogP contribution < -0.4 is 4.90 Å². The molecule has 174 valence electrons. The van der Waals surface area contributed by atoms with E-state index >= 15 is 0 Å². The Labute approximate surface area is 190 Å². The third-order valence-corrected chi connectivity index (χ3v) is 8.79. The van der Waals surface area contributed by atoms with Crippen LogP contribution in [0, 0.1) is 17.7 Å². The molecule has 3 saturated heterocycles. The molecule has 2 unspecified atom stereocenters. The van der Waals surface area contributed by atoms with Gasteiger partial charge in [0.15, 0.2) is 0 Å². The zero-order valence-electron chi connectivity index (χ0n) is 19.3. The summed E-state index contributed by atoms with van der Waals surface area (Å²) in [6.07, 6.45) is 12.4. The van der Waals surface area contributed by atoms with E-state index in [1.165, 1.54) is 68.4 Å². The summed E-state index contributed by atoms with van der Waals surface area (Å²) < 4.78 is 13.6. The van der Waals surface area contributed by atoms with Crippen molar-refractivity contribution < 1.29 is 14.0 Å². The number of imide groups is 1. The van der Waals surface area contributed by atoms with Crippen molar-refractivity contribution in [2.75, 3.05) is 31.6 Å². The van der Waals surface area contributed by atoms with Crippen molar-refractivity contribution in [3.63, 3.8) is 0 Å². The highest BCUT2D eigenvalue weighted by atomic mass is 19.1. The Morgan fingerprint density at radius 3 is 2.09 bits per heavy atom. The van der Waals surface area contributed by atoms with Crippen LogP contribution in [0.5, 0.6) is 0 Å². The minimum absolute atomic E-state index is 0.0273. The molecular weight excluding hydrogens is 405 g/mol. The molecule has 5 rings (SSSR count). The molecule has 4 aliphatic rings. The Morgan fingerprint density at radius 2 is 1.47 bits per heavy atom. The van der Waals surface area contributed by atoms with Crippen molar-refractivity contribution >= 4 is 17.5 Å². The molecule has 2 atom stereocenters. The Balaban J connectivity index is 1.40. The van der Waals surface area contributed by atoms with Crippen molar-refractivity contribution in [2.24, 2.45) is 11.8 Å². The number of hydrogen-bond acceptors (Lipinski definition) is 4. The predicted molar refractivity (Wildman–Crippen MR) is 123 cm³/mol. The van der Waals surface area contributed by atoms with E-state index in [1.54, 1.807) is 7.05 Å². The second-order valence-electron chi connectivity index (χ2n) is 10.4. The number of likely N-dealkylation sites (tertiary alicyclic amines) is 2. The molecule has 3 aliphatic heterocycles. The number of piperidine rings is 1. The van der Waals surface area contributed by atoms with Gasteiger partial charge in [0.2, 0.25) is 11.8 Å². The summed E-state index contributed by atoms with van der Waals surface area (Å²) in [7, 11) is 1.63. The Bertz CT molecular complexity index is 839. The third kappa shape index (κ3) is 3.64. The van der Waals surface area contributed by atoms with Crippen LogP contribution in [0.3, 0.4) is 0 Å². The summed E-state index contributed by atoms with van der Waals surface area (Å²) in [6.45, 7) is 2.49. The van der Waals surface area contributed by atoms with Gasteiger partial charge in [-0.05, 0) is 49.9 Å². The molecule has 2 amide bonds. The van der Waals surface area contributed by atoms with E-state index in [0.717, 1.165) is 31.6 Å². The third-order valence-electron chi connectivity index (χ3n) is 8.79. The van der Waals surface area contributed by atoms with Crippen LogP contribution in [0.15, 0.2) is 24.3 Å². The molecule has 0 aromatic heterocycles. The lowest BCUT2D eigenvalue weighted by molar-refractivity contribution is -0.139. The van der Waals surface area contributed by atoms with Gasteiger partial charge in [0, 0.05) is 38.4 Å². The molecule has 1 spiro atoms. The van der Waals surface area contributed by atoms with E-state index < -0.39 is 0 Å². The SMILES string of the molecule is CN1C(=O)C2CN(c3ccc(F)cc3)C3(CCN(C4CCCCCCCC4)CC3)C2C1=O. The molecule has 1 aliphatic carbocycles. The zero-order chi connectivity index (χ0) is 22.3. The summed E-state index contributed by atoms with van der Waals surface area (Å²) in [4.78, 5) is 32.4. The number of amides is 2. The van der Waals surface area contributed by atoms with E-state index in [9.17, 15) is 14.0 Å². The Hall–Kier alpha value is -1.95. The summed E-state index contributed by atoms with van der Waals surface area (Å²) in [5.74, 6) is -0.908. The van der Waals surface area contributed by atoms with E-state index in [0.29, 0.717) is 12.6 Å². The largest absolute Gasteiger partial charge is 0.364 e. The van der Waals surface area contributed by atoms with Crippen LogP contribution in [0.4, 0.5) is 10.1 Å². The topological polar surface area (TPSA) is 43.9 Å². The molecule has 0 N–H and O–H groups in total. The van der Waals surface area contributed by atoms with Gasteiger partial charge in [0.25, 0.3) is 0 Å². The number of carbonyl (C=O) groups excluding carboxylic acids is 2. The smallest absolute Gasteiger partial charge is 0.235 e.